The summed E-state index contributed by atoms with van der Waals surface area (Å²) < 4.78 is 32.8. The summed E-state index contributed by atoms with van der Waals surface area (Å²) in [5.74, 6) is 0.252. The van der Waals surface area contributed by atoms with Gasteiger partial charge in [0, 0.05) is 16.9 Å². The Labute approximate surface area is 170 Å². The number of benzene rings is 3. The second-order valence-electron chi connectivity index (χ2n) is 6.58. The Morgan fingerprint density at radius 2 is 1.52 bits per heavy atom. The van der Waals surface area contributed by atoms with Crippen LogP contribution in [0.4, 0.5) is 11.4 Å². The van der Waals surface area contributed by atoms with Crippen molar-refractivity contribution in [2.24, 2.45) is 0 Å². The predicted octanol–water partition coefficient (Wildman–Crippen LogP) is 4.37. The maximum atomic E-state index is 12.7. The van der Waals surface area contributed by atoms with Crippen molar-refractivity contribution in [1.29, 1.82) is 0 Å². The second kappa shape index (κ2) is 8.36. The van der Waals surface area contributed by atoms with Gasteiger partial charge < -0.3 is 10.1 Å². The van der Waals surface area contributed by atoms with Crippen LogP contribution in [0.1, 0.15) is 21.5 Å². The van der Waals surface area contributed by atoms with Crippen LogP contribution in [0.5, 0.6) is 5.75 Å². The highest BCUT2D eigenvalue weighted by molar-refractivity contribution is 7.92. The summed E-state index contributed by atoms with van der Waals surface area (Å²) in [7, 11) is -2.28. The topological polar surface area (TPSA) is 84.5 Å². The zero-order valence-corrected chi connectivity index (χ0v) is 17.2. The number of nitrogens with one attached hydrogen (secondary N) is 2. The first-order valence-electron chi connectivity index (χ1n) is 8.94. The zero-order valence-electron chi connectivity index (χ0n) is 16.4. The van der Waals surface area contributed by atoms with Crippen molar-refractivity contribution in [2.45, 2.75) is 18.7 Å². The molecule has 150 valence electrons. The van der Waals surface area contributed by atoms with Gasteiger partial charge in [-0.25, -0.2) is 8.42 Å². The van der Waals surface area contributed by atoms with Crippen LogP contribution < -0.4 is 14.8 Å². The Bertz CT molecular complexity index is 1120. The molecule has 3 aromatic carbocycles. The van der Waals surface area contributed by atoms with E-state index in [1.807, 2.05) is 32.0 Å². The average Bonchev–Trinajstić information content (AvgIpc) is 2.70. The standard InChI is InChI=1S/C22H22N2O4S/c1-15-6-4-7-16(2)21(15)23-22(25)17-8-5-9-18(14-17)24-29(26,27)20-12-10-19(28-3)11-13-20/h4-14,24H,1-3H3,(H,23,25). The average molecular weight is 410 g/mol. The number of amides is 1. The van der Waals surface area contributed by atoms with Gasteiger partial charge in [0.05, 0.1) is 12.0 Å². The first-order chi connectivity index (χ1) is 13.8. The number of ether oxygens (including phenoxy) is 1. The van der Waals surface area contributed by atoms with Crippen molar-refractivity contribution in [3.8, 4) is 5.75 Å². The fraction of sp³-hybridized carbons (Fsp3) is 0.136. The molecule has 2 N–H and O–H groups in total. The fourth-order valence-electron chi connectivity index (χ4n) is 2.89. The molecule has 6 nitrogen and oxygen atoms in total. The summed E-state index contributed by atoms with van der Waals surface area (Å²) in [5.41, 5.74) is 3.31. The molecule has 0 unspecified atom stereocenters. The summed E-state index contributed by atoms with van der Waals surface area (Å²) in [6.07, 6.45) is 0. The lowest BCUT2D eigenvalue weighted by atomic mass is 10.1. The van der Waals surface area contributed by atoms with Crippen LogP contribution >= 0.6 is 0 Å². The van der Waals surface area contributed by atoms with Gasteiger partial charge >= 0.3 is 0 Å². The number of para-hydroxylation sites is 1. The number of methoxy groups -OCH3 is 1. The fourth-order valence-corrected chi connectivity index (χ4v) is 3.94. The van der Waals surface area contributed by atoms with Crippen LogP contribution in [0, 0.1) is 13.8 Å². The highest BCUT2D eigenvalue weighted by Gasteiger charge is 2.16. The molecule has 7 heteroatoms. The third-order valence-electron chi connectivity index (χ3n) is 4.47. The van der Waals surface area contributed by atoms with E-state index in [2.05, 4.69) is 10.0 Å². The number of carbonyl (C=O) groups is 1. The highest BCUT2D eigenvalue weighted by Crippen LogP contribution is 2.22. The summed E-state index contributed by atoms with van der Waals surface area (Å²) in [6.45, 7) is 3.84. The Morgan fingerprint density at radius 3 is 2.14 bits per heavy atom. The van der Waals surface area contributed by atoms with E-state index in [1.54, 1.807) is 30.3 Å². The lowest BCUT2D eigenvalue weighted by Crippen LogP contribution is -2.16. The van der Waals surface area contributed by atoms with Gasteiger partial charge in [-0.3, -0.25) is 9.52 Å². The predicted molar refractivity (Wildman–Crippen MR) is 114 cm³/mol. The first kappa shape index (κ1) is 20.4. The van der Waals surface area contributed by atoms with E-state index in [9.17, 15) is 13.2 Å². The van der Waals surface area contributed by atoms with E-state index in [4.69, 9.17) is 4.74 Å². The number of carbonyl (C=O) groups excluding carboxylic acids is 1. The summed E-state index contributed by atoms with van der Waals surface area (Å²) in [6, 6.07) is 18.2. The third kappa shape index (κ3) is 4.75. The molecular formula is C22H22N2O4S. The number of rotatable bonds is 6. The normalized spacial score (nSPS) is 11.0. The van der Waals surface area contributed by atoms with Gasteiger partial charge in [0.2, 0.25) is 0 Å². The number of sulfonamides is 1. The highest BCUT2D eigenvalue weighted by atomic mass is 32.2. The summed E-state index contributed by atoms with van der Waals surface area (Å²) >= 11 is 0. The SMILES string of the molecule is COc1ccc(S(=O)(=O)Nc2cccc(C(=O)Nc3c(C)cccc3C)c2)cc1. The molecule has 3 aromatic rings. The molecule has 1 amide bonds. The molecule has 0 fully saturated rings. The van der Waals surface area contributed by atoms with Crippen molar-refractivity contribution in [3.63, 3.8) is 0 Å². The van der Waals surface area contributed by atoms with Gasteiger partial charge in [-0.05, 0) is 67.4 Å². The van der Waals surface area contributed by atoms with E-state index in [-0.39, 0.29) is 10.8 Å². The monoisotopic (exact) mass is 410 g/mol. The van der Waals surface area contributed by atoms with Crippen LogP contribution in [0.15, 0.2) is 71.6 Å². The minimum absolute atomic E-state index is 0.101. The largest absolute Gasteiger partial charge is 0.497 e. The van der Waals surface area contributed by atoms with Crippen molar-refractivity contribution in [3.05, 3.63) is 83.4 Å². The van der Waals surface area contributed by atoms with Gasteiger partial charge in [-0.2, -0.15) is 0 Å². The van der Waals surface area contributed by atoms with E-state index in [0.717, 1.165) is 16.8 Å². The maximum Gasteiger partial charge on any atom is 0.261 e. The molecule has 0 saturated carbocycles. The Hall–Kier alpha value is -3.32. The Kier molecular flexibility index (Phi) is 5.89. The Balaban J connectivity index is 1.80. The van der Waals surface area contributed by atoms with Gasteiger partial charge in [-0.1, -0.05) is 24.3 Å². The zero-order chi connectivity index (χ0) is 21.0. The molecule has 0 atom stereocenters. The molecule has 3 rings (SSSR count). The van der Waals surface area contributed by atoms with Gasteiger partial charge in [0.15, 0.2) is 0 Å². The van der Waals surface area contributed by atoms with Crippen LogP contribution in [-0.4, -0.2) is 21.4 Å². The van der Waals surface area contributed by atoms with Gasteiger partial charge in [0.25, 0.3) is 15.9 Å². The van der Waals surface area contributed by atoms with Crippen molar-refractivity contribution in [1.82, 2.24) is 0 Å². The molecule has 0 aliphatic carbocycles. The molecule has 0 aromatic heterocycles. The second-order valence-corrected chi connectivity index (χ2v) is 8.27. The van der Waals surface area contributed by atoms with E-state index < -0.39 is 10.0 Å². The lowest BCUT2D eigenvalue weighted by Gasteiger charge is -2.13. The molecular weight excluding hydrogens is 388 g/mol. The van der Waals surface area contributed by atoms with Crippen molar-refractivity contribution < 1.29 is 17.9 Å². The molecule has 29 heavy (non-hydrogen) atoms. The quantitative estimate of drug-likeness (QED) is 0.632. The minimum atomic E-state index is -3.79. The number of aryl methyl sites for hydroxylation is 2. The molecule has 0 aliphatic heterocycles. The smallest absolute Gasteiger partial charge is 0.261 e. The third-order valence-corrected chi connectivity index (χ3v) is 5.86. The summed E-state index contributed by atoms with van der Waals surface area (Å²) in [4.78, 5) is 12.8. The molecule has 0 bridgehead atoms. The number of anilines is 2. The van der Waals surface area contributed by atoms with Crippen LogP contribution in [0.2, 0.25) is 0 Å². The van der Waals surface area contributed by atoms with E-state index in [1.165, 1.54) is 25.3 Å². The van der Waals surface area contributed by atoms with Crippen molar-refractivity contribution in [2.75, 3.05) is 17.1 Å². The van der Waals surface area contributed by atoms with Crippen LogP contribution in [-0.2, 0) is 10.0 Å². The van der Waals surface area contributed by atoms with Crippen LogP contribution in [0.3, 0.4) is 0 Å². The van der Waals surface area contributed by atoms with E-state index >= 15 is 0 Å². The maximum absolute atomic E-state index is 12.7. The molecule has 0 saturated heterocycles. The van der Waals surface area contributed by atoms with Crippen molar-refractivity contribution >= 4 is 27.3 Å². The summed E-state index contributed by atoms with van der Waals surface area (Å²) in [5, 5.41) is 2.90. The number of hydrogen-bond donors (Lipinski definition) is 2. The Morgan fingerprint density at radius 1 is 0.897 bits per heavy atom. The minimum Gasteiger partial charge on any atom is -0.497 e. The van der Waals surface area contributed by atoms with Gasteiger partial charge in [0.1, 0.15) is 5.75 Å². The van der Waals surface area contributed by atoms with Gasteiger partial charge in [-0.15, -0.1) is 0 Å². The first-order valence-corrected chi connectivity index (χ1v) is 10.4. The molecule has 0 heterocycles. The molecule has 0 radical (unpaired) electrons. The number of hydrogen-bond acceptors (Lipinski definition) is 4. The van der Waals surface area contributed by atoms with Crippen LogP contribution in [0.25, 0.3) is 0 Å². The lowest BCUT2D eigenvalue weighted by molar-refractivity contribution is 0.102. The molecule has 0 spiro atoms. The molecule has 0 aliphatic rings. The van der Waals surface area contributed by atoms with E-state index in [0.29, 0.717) is 17.0 Å².